The van der Waals surface area contributed by atoms with Crippen LogP contribution in [0.3, 0.4) is 0 Å². The molecule has 1 atom stereocenters. The first-order chi connectivity index (χ1) is 10.5. The van der Waals surface area contributed by atoms with Crippen LogP contribution in [-0.4, -0.2) is 23.0 Å². The summed E-state index contributed by atoms with van der Waals surface area (Å²) in [5.41, 5.74) is 0.849. The van der Waals surface area contributed by atoms with Gasteiger partial charge in [0, 0.05) is 16.5 Å². The highest BCUT2D eigenvalue weighted by molar-refractivity contribution is 9.10. The van der Waals surface area contributed by atoms with Gasteiger partial charge in [-0.2, -0.15) is 0 Å². The van der Waals surface area contributed by atoms with Gasteiger partial charge in [-0.15, -0.1) is 0 Å². The van der Waals surface area contributed by atoms with Gasteiger partial charge in [0.25, 0.3) is 5.91 Å². The van der Waals surface area contributed by atoms with E-state index in [1.165, 1.54) is 18.2 Å². The van der Waals surface area contributed by atoms with Gasteiger partial charge >= 0.3 is 5.97 Å². The molecule has 0 aliphatic rings. The SMILES string of the molecule is O=C(N[C@@H](Cc1cccc(Br)c1)C(=O)O)c1cccc(F)c1. The number of carboxylic acids is 1. The van der Waals surface area contributed by atoms with E-state index in [0.717, 1.165) is 16.1 Å². The molecule has 0 aliphatic heterocycles. The predicted molar refractivity (Wildman–Crippen MR) is 83.1 cm³/mol. The molecule has 1 amide bonds. The zero-order valence-corrected chi connectivity index (χ0v) is 13.0. The van der Waals surface area contributed by atoms with Gasteiger partial charge in [0.2, 0.25) is 0 Å². The van der Waals surface area contributed by atoms with E-state index < -0.39 is 23.7 Å². The molecule has 6 heteroatoms. The second-order valence-electron chi connectivity index (χ2n) is 4.71. The van der Waals surface area contributed by atoms with Crippen LogP contribution in [0.4, 0.5) is 4.39 Å². The maximum absolute atomic E-state index is 13.1. The standard InChI is InChI=1S/C16H13BrFNO3/c17-12-5-1-3-10(7-12)8-14(16(21)22)19-15(20)11-4-2-6-13(18)9-11/h1-7,9,14H,8H2,(H,19,20)(H,21,22)/t14-/m0/s1. The fourth-order valence-corrected chi connectivity index (χ4v) is 2.42. The van der Waals surface area contributed by atoms with E-state index in [9.17, 15) is 19.1 Å². The molecule has 0 heterocycles. The molecule has 2 aromatic carbocycles. The number of aliphatic carboxylic acids is 1. The Hall–Kier alpha value is -2.21. The molecule has 0 saturated heterocycles. The van der Waals surface area contributed by atoms with Gasteiger partial charge in [-0.1, -0.05) is 34.1 Å². The summed E-state index contributed by atoms with van der Waals surface area (Å²) in [6.07, 6.45) is 0.135. The van der Waals surface area contributed by atoms with Crippen molar-refractivity contribution in [1.29, 1.82) is 0 Å². The molecule has 0 saturated carbocycles. The second-order valence-corrected chi connectivity index (χ2v) is 5.62. The molecule has 0 spiro atoms. The van der Waals surface area contributed by atoms with Crippen molar-refractivity contribution in [3.05, 3.63) is 69.9 Å². The third-order valence-electron chi connectivity index (χ3n) is 3.02. The number of carbonyl (C=O) groups excluding carboxylic acids is 1. The molecule has 0 fully saturated rings. The number of halogens is 2. The van der Waals surface area contributed by atoms with Crippen molar-refractivity contribution in [2.24, 2.45) is 0 Å². The zero-order chi connectivity index (χ0) is 16.1. The van der Waals surface area contributed by atoms with Crippen LogP contribution in [0.5, 0.6) is 0 Å². The van der Waals surface area contributed by atoms with E-state index in [1.54, 1.807) is 18.2 Å². The third-order valence-corrected chi connectivity index (χ3v) is 3.51. The number of carboxylic acid groups (broad SMARTS) is 1. The van der Waals surface area contributed by atoms with Crippen LogP contribution >= 0.6 is 15.9 Å². The van der Waals surface area contributed by atoms with Crippen molar-refractivity contribution >= 4 is 27.8 Å². The van der Waals surface area contributed by atoms with Crippen molar-refractivity contribution < 1.29 is 19.1 Å². The van der Waals surface area contributed by atoms with Crippen LogP contribution < -0.4 is 5.32 Å². The molecule has 114 valence electrons. The second kappa shape index (κ2) is 7.17. The first kappa shape index (κ1) is 16.2. The maximum atomic E-state index is 13.1. The lowest BCUT2D eigenvalue weighted by Crippen LogP contribution is -2.42. The minimum absolute atomic E-state index is 0.0838. The summed E-state index contributed by atoms with van der Waals surface area (Å²) in [6, 6.07) is 11.2. The predicted octanol–water partition coefficient (Wildman–Crippen LogP) is 3.01. The molecular weight excluding hydrogens is 353 g/mol. The van der Waals surface area contributed by atoms with Crippen LogP contribution in [-0.2, 0) is 11.2 Å². The lowest BCUT2D eigenvalue weighted by atomic mass is 10.1. The van der Waals surface area contributed by atoms with Gasteiger partial charge in [0.05, 0.1) is 0 Å². The first-order valence-corrected chi connectivity index (χ1v) is 7.28. The highest BCUT2D eigenvalue weighted by atomic mass is 79.9. The molecule has 2 N–H and O–H groups in total. The first-order valence-electron chi connectivity index (χ1n) is 6.49. The van der Waals surface area contributed by atoms with Crippen molar-refractivity contribution in [2.75, 3.05) is 0 Å². The zero-order valence-electron chi connectivity index (χ0n) is 11.4. The Morgan fingerprint density at radius 3 is 2.55 bits per heavy atom. The number of benzene rings is 2. The Kier molecular flexibility index (Phi) is 5.27. The van der Waals surface area contributed by atoms with E-state index >= 15 is 0 Å². The van der Waals surface area contributed by atoms with E-state index in [2.05, 4.69) is 21.2 Å². The van der Waals surface area contributed by atoms with Gasteiger partial charge in [0.15, 0.2) is 0 Å². The highest BCUT2D eigenvalue weighted by Gasteiger charge is 2.21. The van der Waals surface area contributed by atoms with Gasteiger partial charge in [-0.3, -0.25) is 4.79 Å². The van der Waals surface area contributed by atoms with E-state index in [0.29, 0.717) is 0 Å². The monoisotopic (exact) mass is 365 g/mol. The van der Waals surface area contributed by atoms with Crippen molar-refractivity contribution in [1.82, 2.24) is 5.32 Å². The maximum Gasteiger partial charge on any atom is 0.326 e. The van der Waals surface area contributed by atoms with Crippen LogP contribution in [0.15, 0.2) is 53.0 Å². The van der Waals surface area contributed by atoms with Gasteiger partial charge in [-0.05, 0) is 35.9 Å². The molecule has 0 radical (unpaired) electrons. The average Bonchev–Trinajstić information content (AvgIpc) is 2.46. The van der Waals surface area contributed by atoms with Crippen LogP contribution in [0.25, 0.3) is 0 Å². The fraction of sp³-hybridized carbons (Fsp3) is 0.125. The molecule has 22 heavy (non-hydrogen) atoms. The summed E-state index contributed by atoms with van der Waals surface area (Å²) < 4.78 is 13.9. The van der Waals surface area contributed by atoms with E-state index in [-0.39, 0.29) is 12.0 Å². The average molecular weight is 366 g/mol. The molecule has 0 unspecified atom stereocenters. The molecule has 0 aromatic heterocycles. The highest BCUT2D eigenvalue weighted by Crippen LogP contribution is 2.13. The van der Waals surface area contributed by atoms with Crippen LogP contribution in [0.2, 0.25) is 0 Å². The third kappa shape index (κ3) is 4.39. The largest absolute Gasteiger partial charge is 0.480 e. The number of nitrogens with one attached hydrogen (secondary N) is 1. The Bertz CT molecular complexity index is 705. The van der Waals surface area contributed by atoms with E-state index in [4.69, 9.17) is 0 Å². The summed E-state index contributed by atoms with van der Waals surface area (Å²) in [4.78, 5) is 23.3. The Morgan fingerprint density at radius 1 is 1.18 bits per heavy atom. The normalized spacial score (nSPS) is 11.7. The summed E-state index contributed by atoms with van der Waals surface area (Å²) in [7, 11) is 0. The number of carbonyl (C=O) groups is 2. The molecule has 0 aliphatic carbocycles. The molecular formula is C16H13BrFNO3. The van der Waals surface area contributed by atoms with E-state index in [1.807, 2.05) is 6.07 Å². The molecule has 2 rings (SSSR count). The summed E-state index contributed by atoms with van der Waals surface area (Å²) in [5, 5.41) is 11.7. The summed E-state index contributed by atoms with van der Waals surface area (Å²) >= 11 is 3.31. The number of hydrogen-bond acceptors (Lipinski definition) is 2. The Labute approximate surface area is 135 Å². The Balaban J connectivity index is 2.12. The molecule has 4 nitrogen and oxygen atoms in total. The Morgan fingerprint density at radius 2 is 1.91 bits per heavy atom. The minimum Gasteiger partial charge on any atom is -0.480 e. The number of hydrogen-bond donors (Lipinski definition) is 2. The van der Waals surface area contributed by atoms with Crippen LogP contribution in [0.1, 0.15) is 15.9 Å². The van der Waals surface area contributed by atoms with Crippen LogP contribution in [0, 0.1) is 5.82 Å². The van der Waals surface area contributed by atoms with Crippen molar-refractivity contribution in [3.8, 4) is 0 Å². The molecule has 0 bridgehead atoms. The molecule has 2 aromatic rings. The quantitative estimate of drug-likeness (QED) is 0.855. The smallest absolute Gasteiger partial charge is 0.326 e. The summed E-state index contributed by atoms with van der Waals surface area (Å²) in [5.74, 6) is -2.32. The van der Waals surface area contributed by atoms with Gasteiger partial charge in [-0.25, -0.2) is 9.18 Å². The van der Waals surface area contributed by atoms with Crippen molar-refractivity contribution in [3.63, 3.8) is 0 Å². The van der Waals surface area contributed by atoms with Gasteiger partial charge in [0.1, 0.15) is 11.9 Å². The lowest BCUT2D eigenvalue weighted by Gasteiger charge is -2.15. The minimum atomic E-state index is -1.15. The van der Waals surface area contributed by atoms with Gasteiger partial charge < -0.3 is 10.4 Å². The lowest BCUT2D eigenvalue weighted by molar-refractivity contribution is -0.139. The fourth-order valence-electron chi connectivity index (χ4n) is 1.97. The van der Waals surface area contributed by atoms with Crippen molar-refractivity contribution in [2.45, 2.75) is 12.5 Å². The number of amides is 1. The summed E-state index contributed by atoms with van der Waals surface area (Å²) in [6.45, 7) is 0. The number of rotatable bonds is 5. The topological polar surface area (TPSA) is 66.4 Å².